The number of nitrogens with one attached hydrogen (secondary N) is 1. The van der Waals surface area contributed by atoms with Crippen LogP contribution in [0.1, 0.15) is 5.76 Å². The van der Waals surface area contributed by atoms with E-state index in [1.54, 1.807) is 12.3 Å². The van der Waals surface area contributed by atoms with Crippen LogP contribution in [0.4, 0.5) is 11.4 Å². The van der Waals surface area contributed by atoms with Crippen molar-refractivity contribution in [3.8, 4) is 11.4 Å². The van der Waals surface area contributed by atoms with Crippen LogP contribution in [0, 0.1) is 0 Å². The van der Waals surface area contributed by atoms with Gasteiger partial charge in [-0.2, -0.15) is 0 Å². The van der Waals surface area contributed by atoms with E-state index < -0.39 is 0 Å². The van der Waals surface area contributed by atoms with E-state index in [4.69, 9.17) is 4.42 Å². The molecule has 0 bridgehead atoms. The Hall–Kier alpha value is -3.85. The third kappa shape index (κ3) is 4.02. The van der Waals surface area contributed by atoms with Crippen LogP contribution in [0.3, 0.4) is 0 Å². The van der Waals surface area contributed by atoms with Crippen molar-refractivity contribution in [1.82, 2.24) is 14.8 Å². The second kappa shape index (κ2) is 8.72. The average Bonchev–Trinajstić information content (AvgIpc) is 3.48. The smallest absolute Gasteiger partial charge is 0.244 e. The fourth-order valence-electron chi connectivity index (χ4n) is 3.56. The maximum Gasteiger partial charge on any atom is 0.244 e. The van der Waals surface area contributed by atoms with Crippen molar-refractivity contribution < 1.29 is 14.0 Å². The number of fused-ring (bicyclic) bond motifs is 1. The summed E-state index contributed by atoms with van der Waals surface area (Å²) in [6.45, 7) is 0.431. The lowest BCUT2D eigenvalue weighted by Crippen LogP contribution is -2.43. The van der Waals surface area contributed by atoms with E-state index in [-0.39, 0.29) is 24.1 Å². The largest absolute Gasteiger partial charge is 0.467 e. The topological polar surface area (TPSA) is 93.3 Å². The van der Waals surface area contributed by atoms with Crippen LogP contribution in [0.5, 0.6) is 0 Å². The number of carbonyl (C=O) groups is 2. The van der Waals surface area contributed by atoms with Crippen molar-refractivity contribution in [3.05, 3.63) is 78.8 Å². The Morgan fingerprint density at radius 1 is 1.03 bits per heavy atom. The lowest BCUT2D eigenvalue weighted by atomic mass is 10.2. The van der Waals surface area contributed by atoms with Crippen LogP contribution in [-0.2, 0) is 16.1 Å². The molecule has 0 fully saturated rings. The van der Waals surface area contributed by atoms with E-state index in [2.05, 4.69) is 15.5 Å². The summed E-state index contributed by atoms with van der Waals surface area (Å²) in [7, 11) is 0. The minimum absolute atomic E-state index is 0.00917. The molecule has 0 aliphatic carbocycles. The van der Waals surface area contributed by atoms with Crippen LogP contribution in [0.2, 0.25) is 0 Å². The molecule has 2 aromatic heterocycles. The van der Waals surface area contributed by atoms with E-state index in [9.17, 15) is 9.59 Å². The molecule has 1 N–H and O–H groups in total. The van der Waals surface area contributed by atoms with E-state index in [1.807, 2.05) is 65.2 Å². The summed E-state index contributed by atoms with van der Waals surface area (Å²) in [6.07, 6.45) is 1.62. The van der Waals surface area contributed by atoms with Gasteiger partial charge in [0.1, 0.15) is 12.3 Å². The summed E-state index contributed by atoms with van der Waals surface area (Å²) in [5.41, 5.74) is 2.25. The fourth-order valence-corrected chi connectivity index (χ4v) is 4.37. The van der Waals surface area contributed by atoms with Crippen LogP contribution < -0.4 is 10.2 Å². The first kappa shape index (κ1) is 20.1. The predicted octanol–water partition coefficient (Wildman–Crippen LogP) is 3.66. The molecule has 0 unspecified atom stereocenters. The Labute approximate surface area is 188 Å². The number of hydrogen-bond donors (Lipinski definition) is 1. The number of nitrogens with zero attached hydrogens (tertiary/aromatic N) is 4. The van der Waals surface area contributed by atoms with Crippen LogP contribution >= 0.6 is 11.8 Å². The highest BCUT2D eigenvalue weighted by Gasteiger charge is 2.27. The van der Waals surface area contributed by atoms with E-state index in [0.29, 0.717) is 28.9 Å². The standard InChI is InChI=1S/C23H19N5O3S/c29-20-14-27(19-11-5-4-10-18(19)24-20)21(30)15-32-23-26-25-22(16-7-2-1-3-8-16)28(23)13-17-9-6-12-31-17/h1-12H,13-15H2,(H,24,29). The molecule has 0 radical (unpaired) electrons. The van der Waals surface area contributed by atoms with E-state index >= 15 is 0 Å². The molecule has 1 aliphatic heterocycles. The van der Waals surface area contributed by atoms with Crippen molar-refractivity contribution >= 4 is 35.0 Å². The molecule has 0 saturated carbocycles. The normalized spacial score (nSPS) is 13.0. The van der Waals surface area contributed by atoms with E-state index in [0.717, 1.165) is 11.3 Å². The molecule has 2 aromatic carbocycles. The first-order valence-electron chi connectivity index (χ1n) is 10.0. The minimum atomic E-state index is -0.214. The number of aromatic nitrogens is 3. The number of thioether (sulfide) groups is 1. The summed E-state index contributed by atoms with van der Waals surface area (Å²) in [5.74, 6) is 1.18. The Kier molecular flexibility index (Phi) is 5.47. The second-order valence-electron chi connectivity index (χ2n) is 7.17. The van der Waals surface area contributed by atoms with Crippen LogP contribution in [-0.4, -0.2) is 38.9 Å². The first-order valence-corrected chi connectivity index (χ1v) is 11.0. The second-order valence-corrected chi connectivity index (χ2v) is 8.11. The van der Waals surface area contributed by atoms with Gasteiger partial charge >= 0.3 is 0 Å². The Morgan fingerprint density at radius 2 is 1.84 bits per heavy atom. The lowest BCUT2D eigenvalue weighted by Gasteiger charge is -2.29. The summed E-state index contributed by atoms with van der Waals surface area (Å²) in [6, 6.07) is 20.7. The van der Waals surface area contributed by atoms with Gasteiger partial charge in [-0.05, 0) is 24.3 Å². The molecule has 32 heavy (non-hydrogen) atoms. The molecule has 0 spiro atoms. The number of benzene rings is 2. The molecule has 4 aromatic rings. The van der Waals surface area contributed by atoms with Gasteiger partial charge in [0, 0.05) is 5.56 Å². The van der Waals surface area contributed by atoms with E-state index in [1.165, 1.54) is 16.7 Å². The summed E-state index contributed by atoms with van der Waals surface area (Å²) >= 11 is 1.29. The number of amides is 2. The number of anilines is 2. The van der Waals surface area contributed by atoms with Gasteiger partial charge in [-0.3, -0.25) is 14.2 Å². The molecule has 1 aliphatic rings. The molecule has 9 heteroatoms. The van der Waals surface area contributed by atoms with Crippen molar-refractivity contribution in [1.29, 1.82) is 0 Å². The van der Waals surface area contributed by atoms with Crippen LogP contribution in [0.15, 0.2) is 82.6 Å². The molecule has 160 valence electrons. The predicted molar refractivity (Wildman–Crippen MR) is 121 cm³/mol. The third-order valence-electron chi connectivity index (χ3n) is 5.04. The number of carbonyl (C=O) groups excluding carboxylic acids is 2. The van der Waals surface area contributed by atoms with Crippen molar-refractivity contribution in [2.24, 2.45) is 0 Å². The molecular weight excluding hydrogens is 426 g/mol. The highest BCUT2D eigenvalue weighted by atomic mass is 32.2. The quantitative estimate of drug-likeness (QED) is 0.455. The Bertz CT molecular complexity index is 1250. The summed E-state index contributed by atoms with van der Waals surface area (Å²) in [5, 5.41) is 12.1. The van der Waals surface area contributed by atoms with Gasteiger partial charge < -0.3 is 14.6 Å². The number of para-hydroxylation sites is 2. The maximum absolute atomic E-state index is 13.0. The minimum Gasteiger partial charge on any atom is -0.467 e. The Morgan fingerprint density at radius 3 is 2.66 bits per heavy atom. The average molecular weight is 446 g/mol. The third-order valence-corrected chi connectivity index (χ3v) is 5.99. The van der Waals surface area contributed by atoms with Gasteiger partial charge in [0.15, 0.2) is 11.0 Å². The summed E-state index contributed by atoms with van der Waals surface area (Å²) in [4.78, 5) is 26.6. The first-order chi connectivity index (χ1) is 15.7. The van der Waals surface area contributed by atoms with Crippen molar-refractivity contribution in [2.75, 3.05) is 22.5 Å². The molecule has 5 rings (SSSR count). The highest BCUT2D eigenvalue weighted by Crippen LogP contribution is 2.30. The SMILES string of the molecule is O=C1CN(C(=O)CSc2nnc(-c3ccccc3)n2Cc2ccco2)c2ccccc2N1. The molecule has 0 saturated heterocycles. The van der Waals surface area contributed by atoms with Crippen molar-refractivity contribution in [3.63, 3.8) is 0 Å². The Balaban J connectivity index is 1.39. The van der Waals surface area contributed by atoms with Gasteiger partial charge in [-0.1, -0.05) is 54.2 Å². The zero-order chi connectivity index (χ0) is 21.9. The monoisotopic (exact) mass is 445 g/mol. The lowest BCUT2D eigenvalue weighted by molar-refractivity contribution is -0.120. The van der Waals surface area contributed by atoms with Crippen LogP contribution in [0.25, 0.3) is 11.4 Å². The van der Waals surface area contributed by atoms with Gasteiger partial charge in [0.05, 0.1) is 29.9 Å². The van der Waals surface area contributed by atoms with Gasteiger partial charge in [0.2, 0.25) is 11.8 Å². The zero-order valence-corrected chi connectivity index (χ0v) is 17.8. The molecule has 3 heterocycles. The van der Waals surface area contributed by atoms with Gasteiger partial charge in [0.25, 0.3) is 0 Å². The number of furan rings is 1. The number of rotatable bonds is 6. The highest BCUT2D eigenvalue weighted by molar-refractivity contribution is 7.99. The zero-order valence-electron chi connectivity index (χ0n) is 17.0. The summed E-state index contributed by atoms with van der Waals surface area (Å²) < 4.78 is 7.45. The van der Waals surface area contributed by atoms with Gasteiger partial charge in [-0.15, -0.1) is 10.2 Å². The molecule has 2 amide bonds. The van der Waals surface area contributed by atoms with Crippen molar-refractivity contribution in [2.45, 2.75) is 11.7 Å². The van der Waals surface area contributed by atoms with Gasteiger partial charge in [-0.25, -0.2) is 0 Å². The molecular formula is C23H19N5O3S. The maximum atomic E-state index is 13.0. The fraction of sp³-hybridized carbons (Fsp3) is 0.130. The number of hydrogen-bond acceptors (Lipinski definition) is 6. The molecule has 8 nitrogen and oxygen atoms in total. The molecule has 0 atom stereocenters.